The zero-order valence-electron chi connectivity index (χ0n) is 10.6. The molecule has 0 atom stereocenters. The Morgan fingerprint density at radius 2 is 1.84 bits per heavy atom. The first-order chi connectivity index (χ1) is 9.31. The highest BCUT2D eigenvalue weighted by atomic mass is 14.9. The average Bonchev–Trinajstić information content (AvgIpc) is 2.47. The predicted octanol–water partition coefficient (Wildman–Crippen LogP) is 2.07. The van der Waals surface area contributed by atoms with Crippen LogP contribution in [0.2, 0.25) is 0 Å². The fourth-order valence-corrected chi connectivity index (χ4v) is 1.76. The first kappa shape index (κ1) is 13.1. The Bertz CT molecular complexity index is 552. The summed E-state index contributed by atoms with van der Waals surface area (Å²) in [5.41, 5.74) is 9.30. The lowest BCUT2D eigenvalue weighted by Crippen LogP contribution is -2.03. The number of hydrogen-bond acceptors (Lipinski definition) is 4. The van der Waals surface area contributed by atoms with Crippen molar-refractivity contribution in [2.75, 3.05) is 11.9 Å². The van der Waals surface area contributed by atoms with E-state index in [2.05, 4.69) is 34.6 Å². The quantitative estimate of drug-likeness (QED) is 0.854. The molecule has 19 heavy (non-hydrogen) atoms. The van der Waals surface area contributed by atoms with Crippen molar-refractivity contribution in [1.29, 1.82) is 5.26 Å². The highest BCUT2D eigenvalue weighted by molar-refractivity contribution is 5.43. The third-order valence-corrected chi connectivity index (χ3v) is 2.83. The molecule has 0 aliphatic carbocycles. The molecule has 0 aliphatic heterocycles. The van der Waals surface area contributed by atoms with Crippen LogP contribution < -0.4 is 11.1 Å². The SMILES string of the molecule is N#Cc1ccc(NCc2ccc(CCN)cc2)cn1. The van der Waals surface area contributed by atoms with E-state index in [4.69, 9.17) is 11.0 Å². The second kappa shape index (κ2) is 6.53. The summed E-state index contributed by atoms with van der Waals surface area (Å²) in [7, 11) is 0. The molecule has 2 aromatic rings. The molecule has 0 spiro atoms. The van der Waals surface area contributed by atoms with E-state index in [1.54, 1.807) is 12.3 Å². The molecule has 0 saturated carbocycles. The largest absolute Gasteiger partial charge is 0.380 e. The molecule has 0 fully saturated rings. The molecule has 0 radical (unpaired) electrons. The first-order valence-electron chi connectivity index (χ1n) is 6.20. The molecule has 0 unspecified atom stereocenters. The molecule has 0 aliphatic rings. The first-order valence-corrected chi connectivity index (χ1v) is 6.20. The number of hydrogen-bond donors (Lipinski definition) is 2. The molecule has 96 valence electrons. The third-order valence-electron chi connectivity index (χ3n) is 2.83. The molecule has 4 nitrogen and oxygen atoms in total. The van der Waals surface area contributed by atoms with E-state index < -0.39 is 0 Å². The van der Waals surface area contributed by atoms with E-state index >= 15 is 0 Å². The van der Waals surface area contributed by atoms with Crippen molar-refractivity contribution in [3.63, 3.8) is 0 Å². The Morgan fingerprint density at radius 3 is 2.42 bits per heavy atom. The number of pyridine rings is 1. The second-order valence-corrected chi connectivity index (χ2v) is 4.25. The minimum absolute atomic E-state index is 0.427. The van der Waals surface area contributed by atoms with Gasteiger partial charge in [-0.15, -0.1) is 0 Å². The summed E-state index contributed by atoms with van der Waals surface area (Å²) in [6.07, 6.45) is 2.58. The van der Waals surface area contributed by atoms with Crippen molar-refractivity contribution in [1.82, 2.24) is 4.98 Å². The van der Waals surface area contributed by atoms with E-state index in [1.807, 2.05) is 12.1 Å². The molecule has 1 aromatic heterocycles. The van der Waals surface area contributed by atoms with Gasteiger partial charge >= 0.3 is 0 Å². The van der Waals surface area contributed by atoms with Gasteiger partial charge in [-0.3, -0.25) is 0 Å². The van der Waals surface area contributed by atoms with Crippen molar-refractivity contribution >= 4 is 5.69 Å². The summed E-state index contributed by atoms with van der Waals surface area (Å²) in [5.74, 6) is 0. The van der Waals surface area contributed by atoms with Crippen molar-refractivity contribution in [3.05, 3.63) is 59.4 Å². The van der Waals surface area contributed by atoms with Gasteiger partial charge in [-0.1, -0.05) is 24.3 Å². The van der Waals surface area contributed by atoms with Crippen molar-refractivity contribution in [2.24, 2.45) is 5.73 Å². The standard InChI is InChI=1S/C15H16N4/c16-8-7-12-1-3-13(4-2-12)10-18-15-6-5-14(9-17)19-11-15/h1-6,11,18H,7-8,10,16H2. The summed E-state index contributed by atoms with van der Waals surface area (Å²) >= 11 is 0. The van der Waals surface area contributed by atoms with Gasteiger partial charge in [0.2, 0.25) is 0 Å². The van der Waals surface area contributed by atoms with Crippen LogP contribution in [0.5, 0.6) is 0 Å². The molecule has 1 aromatic carbocycles. The number of benzene rings is 1. The van der Waals surface area contributed by atoms with Crippen LogP contribution in [-0.4, -0.2) is 11.5 Å². The Kier molecular flexibility index (Phi) is 4.49. The smallest absolute Gasteiger partial charge is 0.140 e. The van der Waals surface area contributed by atoms with Crippen molar-refractivity contribution in [3.8, 4) is 6.07 Å². The van der Waals surface area contributed by atoms with E-state index in [0.29, 0.717) is 12.2 Å². The summed E-state index contributed by atoms with van der Waals surface area (Å²) in [4.78, 5) is 4.01. The van der Waals surface area contributed by atoms with Crippen molar-refractivity contribution < 1.29 is 0 Å². The van der Waals surface area contributed by atoms with Gasteiger partial charge in [-0.05, 0) is 36.2 Å². The lowest BCUT2D eigenvalue weighted by atomic mass is 10.1. The van der Waals surface area contributed by atoms with Gasteiger partial charge in [0.1, 0.15) is 11.8 Å². The van der Waals surface area contributed by atoms with Gasteiger partial charge in [0.05, 0.1) is 11.9 Å². The number of nitriles is 1. The molecule has 0 amide bonds. The fourth-order valence-electron chi connectivity index (χ4n) is 1.76. The number of aromatic nitrogens is 1. The van der Waals surface area contributed by atoms with Crippen LogP contribution >= 0.6 is 0 Å². The zero-order valence-corrected chi connectivity index (χ0v) is 10.6. The van der Waals surface area contributed by atoms with Gasteiger partial charge in [0.25, 0.3) is 0 Å². The normalized spacial score (nSPS) is 9.89. The van der Waals surface area contributed by atoms with Crippen LogP contribution in [0.3, 0.4) is 0 Å². The Balaban J connectivity index is 1.92. The van der Waals surface area contributed by atoms with E-state index in [1.165, 1.54) is 11.1 Å². The van der Waals surface area contributed by atoms with Gasteiger partial charge in [-0.25, -0.2) is 4.98 Å². The highest BCUT2D eigenvalue weighted by Crippen LogP contribution is 2.10. The van der Waals surface area contributed by atoms with E-state index in [0.717, 1.165) is 18.7 Å². The fraction of sp³-hybridized carbons (Fsp3) is 0.200. The number of anilines is 1. The third kappa shape index (κ3) is 3.80. The van der Waals surface area contributed by atoms with Crippen LogP contribution in [0.15, 0.2) is 42.6 Å². The van der Waals surface area contributed by atoms with Gasteiger partial charge in [0, 0.05) is 6.54 Å². The topological polar surface area (TPSA) is 74.7 Å². The monoisotopic (exact) mass is 252 g/mol. The maximum Gasteiger partial charge on any atom is 0.140 e. The molecule has 4 heteroatoms. The highest BCUT2D eigenvalue weighted by Gasteiger charge is 1.97. The Morgan fingerprint density at radius 1 is 1.11 bits per heavy atom. The zero-order chi connectivity index (χ0) is 13.5. The summed E-state index contributed by atoms with van der Waals surface area (Å²) in [6.45, 7) is 1.41. The van der Waals surface area contributed by atoms with E-state index in [9.17, 15) is 0 Å². The molecule has 1 heterocycles. The second-order valence-electron chi connectivity index (χ2n) is 4.25. The minimum Gasteiger partial charge on any atom is -0.380 e. The van der Waals surface area contributed by atoms with Gasteiger partial charge < -0.3 is 11.1 Å². The van der Waals surface area contributed by atoms with Gasteiger partial charge in [-0.2, -0.15) is 5.26 Å². The average molecular weight is 252 g/mol. The number of nitrogens with zero attached hydrogens (tertiary/aromatic N) is 2. The lowest BCUT2D eigenvalue weighted by molar-refractivity contribution is 0.966. The van der Waals surface area contributed by atoms with E-state index in [-0.39, 0.29) is 0 Å². The molecule has 3 N–H and O–H groups in total. The molecule has 0 saturated heterocycles. The van der Waals surface area contributed by atoms with Gasteiger partial charge in [0.15, 0.2) is 0 Å². The van der Waals surface area contributed by atoms with Crippen LogP contribution in [0.1, 0.15) is 16.8 Å². The molecule has 0 bridgehead atoms. The minimum atomic E-state index is 0.427. The summed E-state index contributed by atoms with van der Waals surface area (Å²) in [5, 5.41) is 11.9. The predicted molar refractivity (Wildman–Crippen MR) is 75.5 cm³/mol. The maximum atomic E-state index is 8.66. The van der Waals surface area contributed by atoms with Crippen molar-refractivity contribution in [2.45, 2.75) is 13.0 Å². The number of nitrogens with one attached hydrogen (secondary N) is 1. The van der Waals surface area contributed by atoms with Crippen LogP contribution in [0.4, 0.5) is 5.69 Å². The van der Waals surface area contributed by atoms with Crippen LogP contribution in [-0.2, 0) is 13.0 Å². The molecular weight excluding hydrogens is 236 g/mol. The molecular formula is C15H16N4. The molecule has 2 rings (SSSR count). The Hall–Kier alpha value is -2.38. The Labute approximate surface area is 112 Å². The lowest BCUT2D eigenvalue weighted by Gasteiger charge is -2.07. The van der Waals surface area contributed by atoms with Crippen LogP contribution in [0.25, 0.3) is 0 Å². The summed E-state index contributed by atoms with van der Waals surface area (Å²) in [6, 6.07) is 13.9. The van der Waals surface area contributed by atoms with Crippen LogP contribution in [0, 0.1) is 11.3 Å². The maximum absolute atomic E-state index is 8.66. The number of rotatable bonds is 5. The summed E-state index contributed by atoms with van der Waals surface area (Å²) < 4.78 is 0. The number of nitrogens with two attached hydrogens (primary N) is 1.